The van der Waals surface area contributed by atoms with Crippen LogP contribution in [0.4, 0.5) is 5.69 Å². The second kappa shape index (κ2) is 5.15. The Bertz CT molecular complexity index is 525. The number of hydrogen-bond donors (Lipinski definition) is 3. The number of carboxylic acid groups (broad SMARTS) is 1. The minimum atomic E-state index is -3.58. The van der Waals surface area contributed by atoms with Crippen molar-refractivity contribution in [2.45, 2.75) is 13.8 Å². The van der Waals surface area contributed by atoms with Gasteiger partial charge in [0.1, 0.15) is 0 Å². The molecule has 0 amide bonds. The molecule has 7 heteroatoms. The smallest absolute Gasteiger partial charge is 0.335 e. The molecule has 0 radical (unpaired) electrons. The lowest BCUT2D eigenvalue weighted by Gasteiger charge is -2.09. The van der Waals surface area contributed by atoms with E-state index in [2.05, 4.69) is 9.44 Å². The summed E-state index contributed by atoms with van der Waals surface area (Å²) >= 11 is 0. The molecule has 6 nitrogen and oxygen atoms in total. The largest absolute Gasteiger partial charge is 0.478 e. The second-order valence-electron chi connectivity index (χ2n) is 3.44. The molecule has 0 aliphatic heterocycles. The number of anilines is 1. The molecule has 17 heavy (non-hydrogen) atoms. The van der Waals surface area contributed by atoms with E-state index in [4.69, 9.17) is 5.11 Å². The van der Waals surface area contributed by atoms with E-state index in [1.807, 2.05) is 0 Å². The van der Waals surface area contributed by atoms with Crippen LogP contribution in [0.2, 0.25) is 0 Å². The normalized spacial score (nSPS) is 11.2. The highest BCUT2D eigenvalue weighted by Gasteiger charge is 2.11. The van der Waals surface area contributed by atoms with Crippen molar-refractivity contribution < 1.29 is 18.3 Å². The maximum atomic E-state index is 11.4. The van der Waals surface area contributed by atoms with E-state index < -0.39 is 16.2 Å². The van der Waals surface area contributed by atoms with Crippen LogP contribution in [0.25, 0.3) is 0 Å². The molecule has 0 unspecified atom stereocenters. The van der Waals surface area contributed by atoms with Gasteiger partial charge in [0.25, 0.3) is 10.2 Å². The van der Waals surface area contributed by atoms with Crippen LogP contribution < -0.4 is 9.44 Å². The lowest BCUT2D eigenvalue weighted by molar-refractivity contribution is 0.0696. The predicted octanol–water partition coefficient (Wildman–Crippen LogP) is 0.959. The van der Waals surface area contributed by atoms with Crippen molar-refractivity contribution in [1.29, 1.82) is 0 Å². The van der Waals surface area contributed by atoms with Crippen molar-refractivity contribution in [3.63, 3.8) is 0 Å². The Morgan fingerprint density at radius 1 is 1.41 bits per heavy atom. The van der Waals surface area contributed by atoms with Gasteiger partial charge in [0.2, 0.25) is 0 Å². The van der Waals surface area contributed by atoms with Gasteiger partial charge in [-0.3, -0.25) is 4.72 Å². The van der Waals surface area contributed by atoms with Crippen LogP contribution in [0, 0.1) is 6.92 Å². The summed E-state index contributed by atoms with van der Waals surface area (Å²) in [4.78, 5) is 10.8. The Labute approximate surface area is 99.8 Å². The van der Waals surface area contributed by atoms with Crippen LogP contribution in [0.15, 0.2) is 18.2 Å². The molecule has 1 aromatic rings. The molecule has 1 rings (SSSR count). The minimum Gasteiger partial charge on any atom is -0.478 e. The van der Waals surface area contributed by atoms with Crippen LogP contribution in [0.1, 0.15) is 22.8 Å². The van der Waals surface area contributed by atoms with E-state index in [1.165, 1.54) is 18.2 Å². The van der Waals surface area contributed by atoms with Gasteiger partial charge in [0.15, 0.2) is 0 Å². The number of nitrogens with one attached hydrogen (secondary N) is 2. The molecule has 94 valence electrons. The second-order valence-corrected chi connectivity index (χ2v) is 4.94. The first-order valence-electron chi connectivity index (χ1n) is 4.97. The summed E-state index contributed by atoms with van der Waals surface area (Å²) in [7, 11) is -3.58. The Morgan fingerprint density at radius 3 is 2.53 bits per heavy atom. The summed E-state index contributed by atoms with van der Waals surface area (Å²) in [5.74, 6) is -1.04. The van der Waals surface area contributed by atoms with E-state index in [0.717, 1.165) is 0 Å². The van der Waals surface area contributed by atoms with Crippen molar-refractivity contribution in [3.8, 4) is 0 Å². The third-order valence-corrected chi connectivity index (χ3v) is 3.22. The summed E-state index contributed by atoms with van der Waals surface area (Å²) in [5, 5.41) is 8.82. The summed E-state index contributed by atoms with van der Waals surface area (Å²) < 4.78 is 27.3. The predicted molar refractivity (Wildman–Crippen MR) is 64.4 cm³/mol. The average molecular weight is 258 g/mol. The number of carboxylic acids is 1. The fourth-order valence-corrected chi connectivity index (χ4v) is 2.24. The maximum absolute atomic E-state index is 11.4. The third kappa shape index (κ3) is 3.72. The van der Waals surface area contributed by atoms with Crippen molar-refractivity contribution >= 4 is 21.9 Å². The van der Waals surface area contributed by atoms with Gasteiger partial charge in [-0.05, 0) is 30.7 Å². The highest BCUT2D eigenvalue weighted by atomic mass is 32.2. The first-order valence-corrected chi connectivity index (χ1v) is 6.45. The molecule has 0 fully saturated rings. The van der Waals surface area contributed by atoms with Gasteiger partial charge >= 0.3 is 5.97 Å². The number of aryl methyl sites for hydroxylation is 1. The highest BCUT2D eigenvalue weighted by Crippen LogP contribution is 2.15. The molecule has 1 aromatic carbocycles. The number of carbonyl (C=O) groups is 1. The number of rotatable bonds is 5. The van der Waals surface area contributed by atoms with Gasteiger partial charge in [-0.15, -0.1) is 0 Å². The Morgan fingerprint density at radius 2 is 2.06 bits per heavy atom. The van der Waals surface area contributed by atoms with E-state index in [0.29, 0.717) is 11.3 Å². The molecule has 0 atom stereocenters. The molecule has 0 bridgehead atoms. The van der Waals surface area contributed by atoms with Gasteiger partial charge in [-0.1, -0.05) is 6.92 Å². The standard InChI is InChI=1S/C10H14N2O4S/c1-3-11-17(15,16)12-8-4-5-9(10(13)14)7(2)6-8/h4-6,11-12H,3H2,1-2H3,(H,13,14). The van der Waals surface area contributed by atoms with Gasteiger partial charge in [0, 0.05) is 6.54 Å². The molecule has 0 saturated heterocycles. The lowest BCUT2D eigenvalue weighted by Crippen LogP contribution is -2.29. The summed E-state index contributed by atoms with van der Waals surface area (Å²) in [5.41, 5.74) is 0.971. The SMILES string of the molecule is CCNS(=O)(=O)Nc1ccc(C(=O)O)c(C)c1. The van der Waals surface area contributed by atoms with Crippen molar-refractivity contribution in [2.24, 2.45) is 0 Å². The molecule has 0 spiro atoms. The van der Waals surface area contributed by atoms with Crippen LogP contribution >= 0.6 is 0 Å². The Balaban J connectivity index is 2.96. The van der Waals surface area contributed by atoms with E-state index in [9.17, 15) is 13.2 Å². The van der Waals surface area contributed by atoms with Crippen molar-refractivity contribution in [2.75, 3.05) is 11.3 Å². The van der Waals surface area contributed by atoms with E-state index >= 15 is 0 Å². The zero-order valence-corrected chi connectivity index (χ0v) is 10.3. The quantitative estimate of drug-likeness (QED) is 0.733. The maximum Gasteiger partial charge on any atom is 0.335 e. The topological polar surface area (TPSA) is 95.5 Å². The van der Waals surface area contributed by atoms with Crippen LogP contribution in [0.3, 0.4) is 0 Å². The highest BCUT2D eigenvalue weighted by molar-refractivity contribution is 7.90. The summed E-state index contributed by atoms with van der Waals surface area (Å²) in [6.07, 6.45) is 0. The first kappa shape index (κ1) is 13.5. The molecule has 0 aromatic heterocycles. The van der Waals surface area contributed by atoms with Crippen LogP contribution in [-0.4, -0.2) is 26.0 Å². The number of benzene rings is 1. The van der Waals surface area contributed by atoms with Crippen molar-refractivity contribution in [3.05, 3.63) is 29.3 Å². The first-order chi connectivity index (χ1) is 7.85. The third-order valence-electron chi connectivity index (χ3n) is 2.04. The molecule has 0 aliphatic rings. The van der Waals surface area contributed by atoms with Gasteiger partial charge in [-0.25, -0.2) is 4.79 Å². The number of aromatic carboxylic acids is 1. The van der Waals surface area contributed by atoms with Gasteiger partial charge in [0.05, 0.1) is 11.3 Å². The number of hydrogen-bond acceptors (Lipinski definition) is 3. The Kier molecular flexibility index (Phi) is 4.08. The average Bonchev–Trinajstić information content (AvgIpc) is 2.15. The molecule has 0 saturated carbocycles. The fourth-order valence-electron chi connectivity index (χ4n) is 1.35. The van der Waals surface area contributed by atoms with Gasteiger partial charge < -0.3 is 5.11 Å². The lowest BCUT2D eigenvalue weighted by atomic mass is 10.1. The molecule has 0 heterocycles. The molecular formula is C10H14N2O4S. The van der Waals surface area contributed by atoms with Crippen LogP contribution in [-0.2, 0) is 10.2 Å². The fraction of sp³-hybridized carbons (Fsp3) is 0.300. The summed E-state index contributed by atoms with van der Waals surface area (Å²) in [6.45, 7) is 3.55. The molecule has 3 N–H and O–H groups in total. The monoisotopic (exact) mass is 258 g/mol. The zero-order chi connectivity index (χ0) is 13.1. The van der Waals surface area contributed by atoms with Crippen molar-refractivity contribution in [1.82, 2.24) is 4.72 Å². The van der Waals surface area contributed by atoms with Gasteiger partial charge in [-0.2, -0.15) is 13.1 Å². The van der Waals surface area contributed by atoms with Crippen LogP contribution in [0.5, 0.6) is 0 Å². The minimum absolute atomic E-state index is 0.149. The summed E-state index contributed by atoms with van der Waals surface area (Å²) in [6, 6.07) is 4.24. The molecule has 0 aliphatic carbocycles. The Hall–Kier alpha value is -1.60. The molecular weight excluding hydrogens is 244 g/mol. The zero-order valence-electron chi connectivity index (χ0n) is 9.52. The van der Waals surface area contributed by atoms with E-state index in [1.54, 1.807) is 13.8 Å². The van der Waals surface area contributed by atoms with E-state index in [-0.39, 0.29) is 12.1 Å².